The summed E-state index contributed by atoms with van der Waals surface area (Å²) in [5, 5.41) is 22.3. The first-order chi connectivity index (χ1) is 16.8. The zero-order valence-electron chi connectivity index (χ0n) is 19.6. The summed E-state index contributed by atoms with van der Waals surface area (Å²) in [5.41, 5.74) is 1.48. The van der Waals surface area contributed by atoms with Crippen LogP contribution in [0.3, 0.4) is 0 Å². The minimum Gasteiger partial charge on any atom is -0.507 e. The third-order valence-electron chi connectivity index (χ3n) is 6.39. The summed E-state index contributed by atoms with van der Waals surface area (Å²) < 4.78 is 10.6. The Hall–Kier alpha value is -3.76. The summed E-state index contributed by atoms with van der Waals surface area (Å²) in [7, 11) is 1.54. The van der Waals surface area contributed by atoms with Crippen LogP contribution < -0.4 is 4.74 Å². The molecule has 2 aliphatic rings. The fraction of sp³-hybridized carbons (Fsp3) is 0.360. The van der Waals surface area contributed by atoms with Crippen molar-refractivity contribution in [2.45, 2.75) is 13.0 Å². The van der Waals surface area contributed by atoms with Gasteiger partial charge in [-0.25, -0.2) is 0 Å². The van der Waals surface area contributed by atoms with Gasteiger partial charge in [0.15, 0.2) is 0 Å². The quantitative estimate of drug-likeness (QED) is 0.211. The topological polar surface area (TPSA) is 122 Å². The molecule has 10 nitrogen and oxygen atoms in total. The smallest absolute Gasteiger partial charge is 0.295 e. The highest BCUT2D eigenvalue weighted by molar-refractivity contribution is 6.46. The van der Waals surface area contributed by atoms with Gasteiger partial charge in [0.25, 0.3) is 17.4 Å². The van der Waals surface area contributed by atoms with E-state index < -0.39 is 22.7 Å². The first-order valence-electron chi connectivity index (χ1n) is 11.3. The van der Waals surface area contributed by atoms with Crippen LogP contribution in [0.25, 0.3) is 5.76 Å². The van der Waals surface area contributed by atoms with Gasteiger partial charge in [0.2, 0.25) is 0 Å². The maximum atomic E-state index is 13.2. The van der Waals surface area contributed by atoms with E-state index >= 15 is 0 Å². The third-order valence-corrected chi connectivity index (χ3v) is 6.39. The van der Waals surface area contributed by atoms with Gasteiger partial charge in [-0.05, 0) is 48.4 Å². The predicted molar refractivity (Wildman–Crippen MR) is 127 cm³/mol. The van der Waals surface area contributed by atoms with Crippen LogP contribution >= 0.6 is 0 Å². The molecule has 2 fully saturated rings. The molecule has 0 aliphatic carbocycles. The summed E-state index contributed by atoms with van der Waals surface area (Å²) in [6.45, 7) is 5.23. The number of rotatable bonds is 7. The molecule has 0 radical (unpaired) electrons. The van der Waals surface area contributed by atoms with Crippen LogP contribution in [0.1, 0.15) is 22.7 Å². The number of hydrogen-bond acceptors (Lipinski definition) is 8. The van der Waals surface area contributed by atoms with Gasteiger partial charge < -0.3 is 19.5 Å². The van der Waals surface area contributed by atoms with Crippen molar-refractivity contribution in [1.82, 2.24) is 9.80 Å². The van der Waals surface area contributed by atoms with Gasteiger partial charge in [-0.15, -0.1) is 0 Å². The van der Waals surface area contributed by atoms with E-state index in [1.165, 1.54) is 36.3 Å². The number of likely N-dealkylation sites (tertiary alicyclic amines) is 1. The summed E-state index contributed by atoms with van der Waals surface area (Å²) in [4.78, 5) is 40.5. The van der Waals surface area contributed by atoms with Crippen LogP contribution in [0.4, 0.5) is 5.69 Å². The molecule has 1 unspecified atom stereocenters. The number of nitrogens with zero attached hydrogens (tertiary/aromatic N) is 3. The molecular weight excluding hydrogens is 454 g/mol. The molecule has 2 aromatic carbocycles. The van der Waals surface area contributed by atoms with Gasteiger partial charge in [-0.3, -0.25) is 24.6 Å². The van der Waals surface area contributed by atoms with Crippen molar-refractivity contribution in [3.8, 4) is 5.75 Å². The zero-order chi connectivity index (χ0) is 25.1. The van der Waals surface area contributed by atoms with E-state index in [2.05, 4.69) is 4.90 Å². The summed E-state index contributed by atoms with van der Waals surface area (Å²) >= 11 is 0. The molecule has 4 rings (SSSR count). The molecule has 0 bridgehead atoms. The molecule has 1 atom stereocenters. The number of benzene rings is 2. The lowest BCUT2D eigenvalue weighted by atomic mass is 9.94. The molecule has 0 saturated carbocycles. The van der Waals surface area contributed by atoms with Crippen molar-refractivity contribution in [1.29, 1.82) is 0 Å². The Morgan fingerprint density at radius 3 is 2.43 bits per heavy atom. The Kier molecular flexibility index (Phi) is 7.13. The lowest BCUT2D eigenvalue weighted by molar-refractivity contribution is -0.384. The van der Waals surface area contributed by atoms with Gasteiger partial charge >= 0.3 is 0 Å². The molecule has 0 aromatic heterocycles. The molecule has 0 spiro atoms. The van der Waals surface area contributed by atoms with E-state index in [0.29, 0.717) is 36.6 Å². The van der Waals surface area contributed by atoms with E-state index in [0.717, 1.165) is 18.7 Å². The Bertz CT molecular complexity index is 1170. The van der Waals surface area contributed by atoms with Crippen LogP contribution in [-0.2, 0) is 14.3 Å². The number of ether oxygens (including phenoxy) is 2. The minimum atomic E-state index is -0.876. The maximum Gasteiger partial charge on any atom is 0.295 e. The second-order valence-corrected chi connectivity index (χ2v) is 8.48. The van der Waals surface area contributed by atoms with Crippen LogP contribution in [0, 0.1) is 17.0 Å². The molecule has 10 heteroatoms. The number of hydrogen-bond donors (Lipinski definition) is 1. The monoisotopic (exact) mass is 481 g/mol. The van der Waals surface area contributed by atoms with Crippen LogP contribution in [0.2, 0.25) is 0 Å². The standard InChI is InChI=1S/C25H27N3O7/c1-16-15-18(5-8-20(16)34-2)23(29)21-22(17-3-6-19(7-4-17)28(32)33)27(25(31)24(21)30)10-9-26-11-13-35-14-12-26/h3-8,15,22,29H,9-14H2,1-2H3/b23-21-. The number of methoxy groups -OCH3 is 1. The molecule has 2 heterocycles. The Morgan fingerprint density at radius 2 is 1.83 bits per heavy atom. The summed E-state index contributed by atoms with van der Waals surface area (Å²) in [5.74, 6) is -1.18. The van der Waals surface area contributed by atoms with E-state index in [1.54, 1.807) is 18.2 Å². The molecule has 2 aromatic rings. The average molecular weight is 482 g/mol. The number of non-ortho nitro benzene ring substituents is 1. The second kappa shape index (κ2) is 10.2. The van der Waals surface area contributed by atoms with Gasteiger partial charge in [0.1, 0.15) is 11.5 Å². The molecule has 1 amide bonds. The Labute approximate surface area is 202 Å². The second-order valence-electron chi connectivity index (χ2n) is 8.48. The largest absolute Gasteiger partial charge is 0.507 e. The van der Waals surface area contributed by atoms with Crippen LogP contribution in [-0.4, -0.2) is 78.0 Å². The number of amides is 1. The van der Waals surface area contributed by atoms with Crippen LogP contribution in [0.5, 0.6) is 5.75 Å². The number of morpholine rings is 1. The fourth-order valence-corrected chi connectivity index (χ4v) is 4.49. The first kappa shape index (κ1) is 24.4. The van der Waals surface area contributed by atoms with Crippen molar-refractivity contribution in [3.63, 3.8) is 0 Å². The van der Waals surface area contributed by atoms with Crippen molar-refractivity contribution >= 4 is 23.1 Å². The number of carbonyl (C=O) groups excluding carboxylic acids is 2. The number of Topliss-reactive ketones (excluding diaryl/α,β-unsaturated/α-hetero) is 1. The normalized spacial score (nSPS) is 20.3. The average Bonchev–Trinajstić information content (AvgIpc) is 3.12. The molecule has 2 saturated heterocycles. The number of nitro benzene ring substituents is 1. The number of aliphatic hydroxyl groups excluding tert-OH is 1. The van der Waals surface area contributed by atoms with Crippen molar-refractivity contribution in [2.24, 2.45) is 0 Å². The van der Waals surface area contributed by atoms with E-state index in [9.17, 15) is 24.8 Å². The molecule has 2 aliphatic heterocycles. The first-order valence-corrected chi connectivity index (χ1v) is 11.3. The van der Waals surface area contributed by atoms with E-state index in [1.807, 2.05) is 6.92 Å². The number of nitro groups is 1. The van der Waals surface area contributed by atoms with Crippen molar-refractivity contribution < 1.29 is 29.1 Å². The summed E-state index contributed by atoms with van der Waals surface area (Å²) in [6, 6.07) is 9.80. The number of aliphatic hydroxyl groups is 1. The molecular formula is C25H27N3O7. The lowest BCUT2D eigenvalue weighted by Crippen LogP contribution is -2.42. The van der Waals surface area contributed by atoms with Gasteiger partial charge in [-0.1, -0.05) is 0 Å². The SMILES string of the molecule is COc1ccc(/C(O)=C2/C(=O)C(=O)N(CCN3CCOCC3)C2c2ccc([N+](=O)[O-])cc2)cc1C. The maximum absolute atomic E-state index is 13.2. The highest BCUT2D eigenvalue weighted by Gasteiger charge is 2.46. The highest BCUT2D eigenvalue weighted by atomic mass is 16.6. The van der Waals surface area contributed by atoms with Gasteiger partial charge in [0, 0.05) is 43.9 Å². The van der Waals surface area contributed by atoms with Crippen LogP contribution in [0.15, 0.2) is 48.0 Å². The predicted octanol–water partition coefficient (Wildman–Crippen LogP) is 2.67. The third kappa shape index (κ3) is 4.89. The Balaban J connectivity index is 1.76. The van der Waals surface area contributed by atoms with E-state index in [-0.39, 0.29) is 23.6 Å². The van der Waals surface area contributed by atoms with Gasteiger partial charge in [-0.2, -0.15) is 0 Å². The van der Waals surface area contributed by atoms with Crippen molar-refractivity contribution in [2.75, 3.05) is 46.5 Å². The summed E-state index contributed by atoms with van der Waals surface area (Å²) in [6.07, 6.45) is 0. The number of ketones is 1. The van der Waals surface area contributed by atoms with Crippen molar-refractivity contribution in [3.05, 3.63) is 74.8 Å². The lowest BCUT2D eigenvalue weighted by Gasteiger charge is -2.31. The highest BCUT2D eigenvalue weighted by Crippen LogP contribution is 2.40. The zero-order valence-corrected chi connectivity index (χ0v) is 19.6. The minimum absolute atomic E-state index is 0.0459. The van der Waals surface area contributed by atoms with E-state index in [4.69, 9.17) is 9.47 Å². The number of aryl methyl sites for hydroxylation is 1. The Morgan fingerprint density at radius 1 is 1.14 bits per heavy atom. The van der Waals surface area contributed by atoms with Gasteiger partial charge in [0.05, 0.1) is 36.9 Å². The number of carbonyl (C=O) groups is 2. The molecule has 1 N–H and O–H groups in total. The fourth-order valence-electron chi connectivity index (χ4n) is 4.49. The molecule has 184 valence electrons. The molecule has 35 heavy (non-hydrogen) atoms.